The van der Waals surface area contributed by atoms with E-state index in [9.17, 15) is 9.59 Å². The van der Waals surface area contributed by atoms with Gasteiger partial charge in [-0.2, -0.15) is 0 Å². The summed E-state index contributed by atoms with van der Waals surface area (Å²) in [5.41, 5.74) is 1.49. The van der Waals surface area contributed by atoms with E-state index in [0.717, 1.165) is 18.5 Å². The monoisotopic (exact) mass is 417 g/mol. The Labute approximate surface area is 177 Å². The fourth-order valence-electron chi connectivity index (χ4n) is 3.35. The zero-order valence-electron chi connectivity index (χ0n) is 17.0. The number of methoxy groups -OCH3 is 1. The van der Waals surface area contributed by atoms with Gasteiger partial charge in [-0.1, -0.05) is 23.7 Å². The van der Waals surface area contributed by atoms with Crippen LogP contribution < -0.4 is 0 Å². The topological polar surface area (TPSA) is 54.8 Å². The van der Waals surface area contributed by atoms with Crippen molar-refractivity contribution in [1.29, 1.82) is 0 Å². The highest BCUT2D eigenvalue weighted by atomic mass is 35.5. The first-order chi connectivity index (χ1) is 14.0. The zero-order chi connectivity index (χ0) is 20.8. The summed E-state index contributed by atoms with van der Waals surface area (Å²) in [6, 6.07) is 11.2. The lowest BCUT2D eigenvalue weighted by Gasteiger charge is -2.28. The number of carbonyl (C=O) groups excluding carboxylic acids is 2. The van der Waals surface area contributed by atoms with Crippen LogP contribution >= 0.6 is 11.6 Å². The third kappa shape index (κ3) is 5.61. The van der Waals surface area contributed by atoms with Crippen molar-refractivity contribution in [3.05, 3.63) is 58.9 Å². The fourth-order valence-corrected chi connectivity index (χ4v) is 3.57. The first-order valence-electron chi connectivity index (χ1n) is 9.93. The second-order valence-electron chi connectivity index (χ2n) is 7.42. The van der Waals surface area contributed by atoms with Gasteiger partial charge in [0.25, 0.3) is 5.91 Å². The fraction of sp³-hybridized carbons (Fsp3) is 0.455. The molecular formula is C22H28ClN3O3. The number of benzene rings is 1. The number of amides is 2. The summed E-state index contributed by atoms with van der Waals surface area (Å²) in [4.78, 5) is 29.8. The number of ether oxygens (including phenoxy) is 1. The van der Waals surface area contributed by atoms with Gasteiger partial charge >= 0.3 is 0 Å². The molecule has 0 atom stereocenters. The molecule has 0 unspecified atom stereocenters. The molecule has 0 saturated heterocycles. The number of rotatable bonds is 10. The number of carbonyl (C=O) groups is 2. The van der Waals surface area contributed by atoms with Crippen LogP contribution in [0.15, 0.2) is 42.6 Å². The summed E-state index contributed by atoms with van der Waals surface area (Å²) in [6.45, 7) is 1.55. The highest BCUT2D eigenvalue weighted by molar-refractivity contribution is 6.33. The van der Waals surface area contributed by atoms with E-state index in [1.807, 2.05) is 34.8 Å². The number of aromatic nitrogens is 1. The Morgan fingerprint density at radius 1 is 1.21 bits per heavy atom. The van der Waals surface area contributed by atoms with Crippen molar-refractivity contribution in [2.45, 2.75) is 31.8 Å². The number of halogens is 1. The molecular weight excluding hydrogens is 390 g/mol. The van der Waals surface area contributed by atoms with E-state index in [0.29, 0.717) is 36.7 Å². The third-order valence-electron chi connectivity index (χ3n) is 5.19. The molecule has 0 spiro atoms. The van der Waals surface area contributed by atoms with Crippen LogP contribution in [0.25, 0.3) is 0 Å². The van der Waals surface area contributed by atoms with Crippen LogP contribution in [0.1, 0.15) is 35.3 Å². The van der Waals surface area contributed by atoms with Crippen LogP contribution in [0.2, 0.25) is 5.02 Å². The first-order valence-corrected chi connectivity index (χ1v) is 10.3. The van der Waals surface area contributed by atoms with Crippen molar-refractivity contribution < 1.29 is 14.3 Å². The third-order valence-corrected chi connectivity index (χ3v) is 5.52. The lowest BCUT2D eigenvalue weighted by molar-refractivity contribution is -0.133. The van der Waals surface area contributed by atoms with Gasteiger partial charge in [0, 0.05) is 45.2 Å². The minimum absolute atomic E-state index is 0.0356. The van der Waals surface area contributed by atoms with Crippen LogP contribution in [0.4, 0.5) is 0 Å². The number of aryl methyl sites for hydroxylation is 1. The summed E-state index contributed by atoms with van der Waals surface area (Å²) in [5.74, 6) is -0.263. The molecule has 1 aliphatic rings. The largest absolute Gasteiger partial charge is 0.385 e. The number of nitrogens with zero attached hydrogens (tertiary/aromatic N) is 3. The van der Waals surface area contributed by atoms with Gasteiger partial charge in [-0.15, -0.1) is 0 Å². The summed E-state index contributed by atoms with van der Waals surface area (Å²) in [5, 5.41) is 0.393. The smallest absolute Gasteiger partial charge is 0.255 e. The van der Waals surface area contributed by atoms with Gasteiger partial charge in [0.1, 0.15) is 6.54 Å². The summed E-state index contributed by atoms with van der Waals surface area (Å²) < 4.78 is 7.14. The van der Waals surface area contributed by atoms with Crippen LogP contribution in [0.3, 0.4) is 0 Å². The average Bonchev–Trinajstić information content (AvgIpc) is 3.47. The van der Waals surface area contributed by atoms with E-state index in [1.165, 1.54) is 0 Å². The maximum Gasteiger partial charge on any atom is 0.255 e. The van der Waals surface area contributed by atoms with Crippen LogP contribution in [0.5, 0.6) is 0 Å². The molecule has 6 nitrogen and oxygen atoms in total. The lowest BCUT2D eigenvalue weighted by atomic mass is 10.2. The highest BCUT2D eigenvalue weighted by Gasteiger charge is 2.34. The minimum Gasteiger partial charge on any atom is -0.385 e. The second kappa shape index (κ2) is 9.94. The molecule has 1 fully saturated rings. The van der Waals surface area contributed by atoms with Gasteiger partial charge in [0.05, 0.1) is 17.1 Å². The molecule has 2 amide bonds. The molecule has 1 aromatic heterocycles. The molecule has 3 rings (SSSR count). The van der Waals surface area contributed by atoms with Crippen LogP contribution in [-0.4, -0.2) is 59.0 Å². The summed E-state index contributed by atoms with van der Waals surface area (Å²) >= 11 is 6.23. The molecule has 0 N–H and O–H groups in total. The molecule has 0 bridgehead atoms. The summed E-state index contributed by atoms with van der Waals surface area (Å²) in [7, 11) is 3.60. The molecule has 1 aliphatic carbocycles. The Balaban J connectivity index is 1.74. The van der Waals surface area contributed by atoms with Crippen molar-refractivity contribution in [2.24, 2.45) is 7.05 Å². The van der Waals surface area contributed by atoms with E-state index in [2.05, 4.69) is 0 Å². The molecule has 2 aromatic rings. The van der Waals surface area contributed by atoms with E-state index < -0.39 is 0 Å². The normalized spacial score (nSPS) is 13.3. The molecule has 156 valence electrons. The predicted octanol–water partition coefficient (Wildman–Crippen LogP) is 3.35. The minimum atomic E-state index is -0.227. The standard InChI is InChI=1S/C22H28ClN3O3/c1-24-12-5-7-18(24)15-26(17-10-11-17)21(27)16-25(13-6-14-29-2)22(28)19-8-3-4-9-20(19)23/h3-5,7-9,12,17H,6,10-11,13-16H2,1-2H3. The molecule has 29 heavy (non-hydrogen) atoms. The van der Waals surface area contributed by atoms with Crippen molar-refractivity contribution in [1.82, 2.24) is 14.4 Å². The second-order valence-corrected chi connectivity index (χ2v) is 7.82. The molecule has 0 aliphatic heterocycles. The maximum absolute atomic E-state index is 13.2. The van der Waals surface area contributed by atoms with Gasteiger partial charge in [-0.05, 0) is 43.5 Å². The van der Waals surface area contributed by atoms with Crippen molar-refractivity contribution >= 4 is 23.4 Å². The van der Waals surface area contributed by atoms with Crippen molar-refractivity contribution in [2.75, 3.05) is 26.8 Å². The molecule has 1 heterocycles. The Bertz CT molecular complexity index is 847. The molecule has 7 heteroatoms. The lowest BCUT2D eigenvalue weighted by Crippen LogP contribution is -2.44. The molecule has 0 radical (unpaired) electrons. The number of hydrogen-bond acceptors (Lipinski definition) is 3. The van der Waals surface area contributed by atoms with Gasteiger partial charge < -0.3 is 19.1 Å². The SMILES string of the molecule is COCCCN(CC(=O)N(Cc1cccn1C)C1CC1)C(=O)c1ccccc1Cl. The molecule has 1 aromatic carbocycles. The number of hydrogen-bond donors (Lipinski definition) is 0. The van der Waals surface area contributed by atoms with Crippen LogP contribution in [-0.2, 0) is 23.1 Å². The predicted molar refractivity (Wildman–Crippen MR) is 113 cm³/mol. The van der Waals surface area contributed by atoms with E-state index >= 15 is 0 Å². The Hall–Kier alpha value is -2.31. The van der Waals surface area contributed by atoms with Crippen LogP contribution in [0, 0.1) is 0 Å². The maximum atomic E-state index is 13.2. The van der Waals surface area contributed by atoms with Gasteiger partial charge in [-0.25, -0.2) is 0 Å². The van der Waals surface area contributed by atoms with Crippen molar-refractivity contribution in [3.8, 4) is 0 Å². The highest BCUT2D eigenvalue weighted by Crippen LogP contribution is 2.29. The van der Waals surface area contributed by atoms with E-state index in [1.54, 1.807) is 36.3 Å². The quantitative estimate of drug-likeness (QED) is 0.557. The van der Waals surface area contributed by atoms with E-state index in [-0.39, 0.29) is 24.4 Å². The van der Waals surface area contributed by atoms with E-state index in [4.69, 9.17) is 16.3 Å². The van der Waals surface area contributed by atoms with Gasteiger partial charge in [0.15, 0.2) is 0 Å². The Morgan fingerprint density at radius 3 is 2.59 bits per heavy atom. The average molecular weight is 418 g/mol. The Morgan fingerprint density at radius 2 is 1.97 bits per heavy atom. The molecule has 1 saturated carbocycles. The van der Waals surface area contributed by atoms with Gasteiger partial charge in [-0.3, -0.25) is 9.59 Å². The van der Waals surface area contributed by atoms with Crippen molar-refractivity contribution in [3.63, 3.8) is 0 Å². The Kier molecular flexibility index (Phi) is 7.34. The van der Waals surface area contributed by atoms with Gasteiger partial charge in [0.2, 0.25) is 5.91 Å². The summed E-state index contributed by atoms with van der Waals surface area (Å²) in [6.07, 6.45) is 4.65. The zero-order valence-corrected chi connectivity index (χ0v) is 17.8. The first kappa shape index (κ1) is 21.4.